The highest BCUT2D eigenvalue weighted by molar-refractivity contribution is 7.00. The van der Waals surface area contributed by atoms with Gasteiger partial charge in [-0.05, 0) is 114 Å². The van der Waals surface area contributed by atoms with Crippen molar-refractivity contribution < 1.29 is 5.48 Å². The Kier molecular flexibility index (Phi) is 15.2. The molecule has 0 saturated heterocycles. The van der Waals surface area contributed by atoms with Crippen LogP contribution in [0, 0.1) is 0 Å². The maximum absolute atomic E-state index is 10.2. The van der Waals surface area contributed by atoms with E-state index in [9.17, 15) is 5.48 Å². The molecule has 0 bridgehead atoms. The fourth-order valence-electron chi connectivity index (χ4n) is 15.7. The third-order valence-electron chi connectivity index (χ3n) is 21.4. The Morgan fingerprint density at radius 1 is 0.314 bits per heavy atom. The molecule has 0 saturated carbocycles. The van der Waals surface area contributed by atoms with Crippen LogP contribution in [0.5, 0.6) is 0 Å². The average Bonchev–Trinajstić information content (AvgIpc) is 0.926. The molecule has 0 amide bonds. The van der Waals surface area contributed by atoms with Gasteiger partial charge in [-0.2, -0.15) is 0 Å². The van der Waals surface area contributed by atoms with Crippen LogP contribution < -0.4 is 46.9 Å². The van der Waals surface area contributed by atoms with Crippen LogP contribution in [0.4, 0.5) is 34.1 Å². The van der Waals surface area contributed by atoms with E-state index in [2.05, 4.69) is 375 Å². The summed E-state index contributed by atoms with van der Waals surface area (Å²) in [6, 6.07) is 97.7. The molecule has 502 valence electrons. The summed E-state index contributed by atoms with van der Waals surface area (Å²) in [6.45, 7) is 36.0. The van der Waals surface area contributed by atoms with Crippen molar-refractivity contribution in [1.29, 1.82) is 0 Å². The first-order valence-corrected chi connectivity index (χ1v) is 50.3. The molecule has 14 aromatic rings. The predicted octanol–water partition coefficient (Wildman–Crippen LogP) is 22.3. The molecule has 3 nitrogen and oxygen atoms in total. The van der Waals surface area contributed by atoms with E-state index >= 15 is 0 Å². The van der Waals surface area contributed by atoms with Crippen molar-refractivity contribution in [2.45, 2.75) is 105 Å². The molecule has 0 unspecified atom stereocenters. The molecular formula is C94H92BN3Si4. The molecule has 13 aromatic carbocycles. The number of aromatic nitrogens is 1. The van der Waals surface area contributed by atoms with Crippen molar-refractivity contribution in [3.63, 3.8) is 0 Å². The van der Waals surface area contributed by atoms with Crippen molar-refractivity contribution in [3.05, 3.63) is 291 Å². The summed E-state index contributed by atoms with van der Waals surface area (Å²) in [7, 11) is -7.48. The van der Waals surface area contributed by atoms with Gasteiger partial charge in [0.1, 0.15) is 0 Å². The summed E-state index contributed by atoms with van der Waals surface area (Å²) in [6.07, 6.45) is 0. The zero-order valence-electron chi connectivity index (χ0n) is 65.7. The Labute approximate surface area is 615 Å². The maximum Gasteiger partial charge on any atom is 0.252 e. The van der Waals surface area contributed by atoms with Gasteiger partial charge in [0.15, 0.2) is 0 Å². The number of para-hydroxylation sites is 3. The largest absolute Gasteiger partial charge is 0.310 e. The summed E-state index contributed by atoms with van der Waals surface area (Å²) in [4.78, 5) is 5.20. The molecule has 0 spiro atoms. The first-order valence-electron chi connectivity index (χ1n) is 38.3. The van der Waals surface area contributed by atoms with Gasteiger partial charge in [0.05, 0.1) is 65.9 Å². The number of fused-ring (bicyclic) bond motifs is 7. The Bertz CT molecular complexity index is 5410. The Morgan fingerprint density at radius 2 is 0.686 bits per heavy atom. The van der Waals surface area contributed by atoms with Crippen LogP contribution in [-0.2, 0) is 5.41 Å². The van der Waals surface area contributed by atoms with E-state index in [4.69, 9.17) is 0 Å². The highest BCUT2D eigenvalue weighted by atomic mass is 28.3. The van der Waals surface area contributed by atoms with Gasteiger partial charge in [0, 0.05) is 55.8 Å². The molecule has 0 N–H and O–H groups in total. The topological polar surface area (TPSA) is 11.4 Å². The van der Waals surface area contributed by atoms with E-state index in [0.717, 1.165) is 106 Å². The minimum atomic E-state index is -1.87. The Morgan fingerprint density at radius 3 is 1.05 bits per heavy atom. The molecule has 1 aromatic heterocycles. The smallest absolute Gasteiger partial charge is 0.252 e. The lowest BCUT2D eigenvalue weighted by molar-refractivity contribution is 0.591. The quantitative estimate of drug-likeness (QED) is 0.107. The monoisotopic (exact) mass is 1390 g/mol. The molecule has 8 heteroatoms. The first-order chi connectivity index (χ1) is 50.4. The van der Waals surface area contributed by atoms with Crippen molar-refractivity contribution >= 4 is 132 Å². The van der Waals surface area contributed by atoms with Crippen LogP contribution in [0.25, 0.3) is 94.3 Å². The van der Waals surface area contributed by atoms with E-state index in [1.165, 1.54) is 53.9 Å². The lowest BCUT2D eigenvalue weighted by Gasteiger charge is -2.46. The minimum absolute atomic E-state index is 0.0591. The SMILES string of the molecule is [2H]c1c([2H])c([2H])c2c(c1[2H])c1cc(C(C)(C)C)ccc1n2-c1cc2c3c(c1)N(c1c(-c4ccccc4)cccc1-c1ccccc1)c1ccc(-c4cc([Si](C)(C)C)cc([Si](C)(C)C)c4)cc1B3c1cc(-c3cc([Si](C)(C)C)cc([Si](C)(C)C)c3)ccc1N2c1c(-c2ccccc2)cccc1-c1ccccc1. The van der Waals surface area contributed by atoms with E-state index in [1.807, 2.05) is 0 Å². The maximum atomic E-state index is 10.2. The lowest BCUT2D eigenvalue weighted by atomic mass is 9.33. The fraction of sp³-hybridized carbons (Fsp3) is 0.170. The lowest BCUT2D eigenvalue weighted by Crippen LogP contribution is -2.61. The molecule has 0 fully saturated rings. The highest BCUT2D eigenvalue weighted by Gasteiger charge is 2.46. The third-order valence-corrected chi connectivity index (χ3v) is 29.5. The van der Waals surface area contributed by atoms with E-state index in [-0.39, 0.29) is 36.3 Å². The van der Waals surface area contributed by atoms with Crippen LogP contribution in [0.15, 0.2) is 285 Å². The number of hydrogen-bond donors (Lipinski definition) is 0. The number of anilines is 6. The minimum Gasteiger partial charge on any atom is -0.310 e. The number of nitrogens with zero attached hydrogens (tertiary/aromatic N) is 3. The summed E-state index contributed by atoms with van der Waals surface area (Å²) < 4.78 is 41.3. The van der Waals surface area contributed by atoms with Gasteiger partial charge in [-0.25, -0.2) is 0 Å². The van der Waals surface area contributed by atoms with Crippen LogP contribution >= 0.6 is 0 Å². The van der Waals surface area contributed by atoms with Gasteiger partial charge in [-0.15, -0.1) is 0 Å². The normalized spacial score (nSPS) is 13.7. The Hall–Kier alpha value is -9.81. The third kappa shape index (κ3) is 11.8. The van der Waals surface area contributed by atoms with Gasteiger partial charge in [-0.1, -0.05) is 363 Å². The molecular weight excluding hydrogens is 1290 g/mol. The molecule has 2 aliphatic rings. The second-order valence-electron chi connectivity index (χ2n) is 33.6. The van der Waals surface area contributed by atoms with Gasteiger partial charge < -0.3 is 14.4 Å². The van der Waals surface area contributed by atoms with E-state index in [1.54, 1.807) is 0 Å². The van der Waals surface area contributed by atoms with Crippen molar-refractivity contribution in [2.24, 2.45) is 0 Å². The fourth-order valence-corrected chi connectivity index (χ4v) is 20.7. The molecule has 0 aliphatic carbocycles. The second-order valence-corrected chi connectivity index (χ2v) is 53.9. The Balaban J connectivity index is 1.15. The van der Waals surface area contributed by atoms with Crippen LogP contribution in [-0.4, -0.2) is 43.6 Å². The highest BCUT2D eigenvalue weighted by Crippen LogP contribution is 2.54. The summed E-state index contributed by atoms with van der Waals surface area (Å²) in [5.74, 6) is 0. The summed E-state index contributed by atoms with van der Waals surface area (Å²) in [5, 5.41) is 7.11. The van der Waals surface area contributed by atoms with E-state index < -0.39 is 32.3 Å². The molecule has 102 heavy (non-hydrogen) atoms. The van der Waals surface area contributed by atoms with Gasteiger partial charge in [-0.3, -0.25) is 0 Å². The zero-order valence-corrected chi connectivity index (χ0v) is 65.7. The van der Waals surface area contributed by atoms with Crippen molar-refractivity contribution in [1.82, 2.24) is 4.57 Å². The number of benzene rings is 13. The number of rotatable bonds is 13. The van der Waals surface area contributed by atoms with Gasteiger partial charge >= 0.3 is 0 Å². The molecule has 0 radical (unpaired) electrons. The standard InChI is InChI=1S/C94H92BN3Si4/c1-94(2,3)71-48-51-86-82(58-71)81-40-28-29-45-85(81)96(86)72-59-89-91-90(60-72)98(93-79(65-36-24-18-25-37-65)43-31-44-80(93)66-38-26-19-27-39-66)88-50-47-68(70-54-75(101(10,11)12)62-76(55-70)102(13,14)15)57-84(88)95(91)83-56-67(69-52-73(99(4,5)6)61-74(53-69)100(7,8)9)46-49-87(83)97(89)92-77(63-32-20-16-21-33-63)41-30-42-78(92)64-34-22-17-23-35-64/h16-62H,1-15H3/i28D,29D,40D,45D. The average molecular weight is 1390 g/mol. The van der Waals surface area contributed by atoms with Crippen LogP contribution in [0.3, 0.4) is 0 Å². The molecule has 0 atom stereocenters. The predicted molar refractivity (Wildman–Crippen MR) is 458 cm³/mol. The summed E-state index contributed by atoms with van der Waals surface area (Å²) in [5.41, 5.74) is 25.8. The first kappa shape index (κ1) is 62.0. The van der Waals surface area contributed by atoms with Gasteiger partial charge in [0.2, 0.25) is 0 Å². The van der Waals surface area contributed by atoms with Crippen LogP contribution in [0.2, 0.25) is 78.6 Å². The second kappa shape index (κ2) is 25.0. The molecule has 2 aliphatic heterocycles. The summed E-state index contributed by atoms with van der Waals surface area (Å²) >= 11 is 0. The van der Waals surface area contributed by atoms with Crippen LogP contribution in [0.1, 0.15) is 31.8 Å². The van der Waals surface area contributed by atoms with Gasteiger partial charge in [0.25, 0.3) is 6.71 Å². The molecule has 16 rings (SSSR count). The molecule has 3 heterocycles. The van der Waals surface area contributed by atoms with Crippen molar-refractivity contribution in [3.8, 4) is 72.4 Å². The zero-order chi connectivity index (χ0) is 74.4. The van der Waals surface area contributed by atoms with Crippen molar-refractivity contribution in [2.75, 3.05) is 9.80 Å². The van der Waals surface area contributed by atoms with E-state index in [0.29, 0.717) is 10.9 Å². The number of hydrogen-bond acceptors (Lipinski definition) is 2.